The predicted octanol–water partition coefficient (Wildman–Crippen LogP) is 2.78. The van der Waals surface area contributed by atoms with Crippen LogP contribution in [0.4, 0.5) is 0 Å². The number of aromatic amines is 1. The molecular weight excluding hydrogens is 265 g/mol. The first-order valence-corrected chi connectivity index (χ1v) is 4.70. The van der Waals surface area contributed by atoms with Gasteiger partial charge in [-0.15, -0.1) is 0 Å². The zero-order valence-corrected chi connectivity index (χ0v) is 8.75. The molecule has 0 saturated heterocycles. The third kappa shape index (κ3) is 1.08. The molecule has 3 heteroatoms. The lowest BCUT2D eigenvalue weighted by atomic mass is 10.2. The van der Waals surface area contributed by atoms with Crippen molar-refractivity contribution in [3.8, 4) is 5.75 Å². The number of halogens is 1. The topological polar surface area (TPSA) is 25.0 Å². The molecule has 2 nitrogen and oxygen atoms in total. The molecular formula is C9H8INO. The lowest BCUT2D eigenvalue weighted by Crippen LogP contribution is -1.86. The molecule has 0 radical (unpaired) electrons. The van der Waals surface area contributed by atoms with Crippen molar-refractivity contribution in [2.75, 3.05) is 7.11 Å². The summed E-state index contributed by atoms with van der Waals surface area (Å²) in [6.45, 7) is 0. The molecule has 1 aromatic heterocycles. The molecule has 0 bridgehead atoms. The molecule has 2 rings (SSSR count). The number of hydrogen-bond acceptors (Lipinski definition) is 1. The fourth-order valence-corrected chi connectivity index (χ4v) is 2.10. The summed E-state index contributed by atoms with van der Waals surface area (Å²) in [5.41, 5.74) is 1.15. The van der Waals surface area contributed by atoms with Crippen molar-refractivity contribution < 1.29 is 4.74 Å². The number of fused-ring (bicyclic) bond motifs is 1. The second-order valence-electron chi connectivity index (χ2n) is 2.52. The Morgan fingerprint density at radius 2 is 2.17 bits per heavy atom. The minimum absolute atomic E-state index is 0.933. The number of nitrogens with one attached hydrogen (secondary N) is 1. The van der Waals surface area contributed by atoms with Crippen molar-refractivity contribution in [2.24, 2.45) is 0 Å². The van der Waals surface area contributed by atoms with E-state index in [0.717, 1.165) is 14.8 Å². The van der Waals surface area contributed by atoms with Gasteiger partial charge in [0, 0.05) is 17.1 Å². The molecule has 0 aliphatic heterocycles. The van der Waals surface area contributed by atoms with E-state index in [4.69, 9.17) is 4.74 Å². The summed E-state index contributed by atoms with van der Waals surface area (Å²) in [7, 11) is 1.69. The zero-order chi connectivity index (χ0) is 8.55. The Kier molecular flexibility index (Phi) is 1.96. The van der Waals surface area contributed by atoms with E-state index in [1.807, 2.05) is 18.3 Å². The van der Waals surface area contributed by atoms with E-state index in [2.05, 4.69) is 33.6 Å². The number of rotatable bonds is 1. The van der Waals surface area contributed by atoms with Gasteiger partial charge in [-0.3, -0.25) is 0 Å². The van der Waals surface area contributed by atoms with Crippen molar-refractivity contribution in [1.82, 2.24) is 4.98 Å². The fraction of sp³-hybridized carbons (Fsp3) is 0.111. The summed E-state index contributed by atoms with van der Waals surface area (Å²) in [5, 5.41) is 1.22. The molecule has 62 valence electrons. The first-order valence-electron chi connectivity index (χ1n) is 3.62. The average molecular weight is 273 g/mol. The van der Waals surface area contributed by atoms with Crippen LogP contribution in [-0.4, -0.2) is 12.1 Å². The van der Waals surface area contributed by atoms with Gasteiger partial charge in [0.1, 0.15) is 5.75 Å². The largest absolute Gasteiger partial charge is 0.496 e. The van der Waals surface area contributed by atoms with Gasteiger partial charge in [0.25, 0.3) is 0 Å². The molecule has 0 unspecified atom stereocenters. The van der Waals surface area contributed by atoms with Gasteiger partial charge in [-0.25, -0.2) is 0 Å². The van der Waals surface area contributed by atoms with Crippen LogP contribution in [0.2, 0.25) is 0 Å². The number of hydrogen-bond donors (Lipinski definition) is 1. The van der Waals surface area contributed by atoms with E-state index in [9.17, 15) is 0 Å². The molecule has 0 fully saturated rings. The van der Waals surface area contributed by atoms with E-state index in [0.29, 0.717) is 0 Å². The van der Waals surface area contributed by atoms with Crippen molar-refractivity contribution in [1.29, 1.82) is 0 Å². The summed E-state index contributed by atoms with van der Waals surface area (Å²) in [4.78, 5) is 3.15. The molecule has 2 aromatic rings. The van der Waals surface area contributed by atoms with E-state index in [-0.39, 0.29) is 0 Å². The monoisotopic (exact) mass is 273 g/mol. The van der Waals surface area contributed by atoms with E-state index in [1.54, 1.807) is 7.11 Å². The highest BCUT2D eigenvalue weighted by Crippen LogP contribution is 2.28. The minimum Gasteiger partial charge on any atom is -0.496 e. The van der Waals surface area contributed by atoms with Crippen LogP contribution in [0.25, 0.3) is 10.9 Å². The molecule has 12 heavy (non-hydrogen) atoms. The van der Waals surface area contributed by atoms with E-state index < -0.39 is 0 Å². The molecule has 0 saturated carbocycles. The maximum atomic E-state index is 5.20. The number of aromatic nitrogens is 1. The lowest BCUT2D eigenvalue weighted by molar-refractivity contribution is 0.412. The molecule has 0 atom stereocenters. The average Bonchev–Trinajstić information content (AvgIpc) is 2.53. The summed E-state index contributed by atoms with van der Waals surface area (Å²) >= 11 is 2.29. The number of ether oxygens (including phenoxy) is 1. The van der Waals surface area contributed by atoms with Crippen LogP contribution in [0, 0.1) is 3.57 Å². The van der Waals surface area contributed by atoms with Crippen molar-refractivity contribution in [3.05, 3.63) is 28.0 Å². The second-order valence-corrected chi connectivity index (χ2v) is 3.60. The van der Waals surface area contributed by atoms with Gasteiger partial charge >= 0.3 is 0 Å². The van der Waals surface area contributed by atoms with Crippen molar-refractivity contribution in [2.45, 2.75) is 0 Å². The third-order valence-corrected chi connectivity index (χ3v) is 2.97. The highest BCUT2D eigenvalue weighted by molar-refractivity contribution is 14.1. The maximum Gasteiger partial charge on any atom is 0.132 e. The quantitative estimate of drug-likeness (QED) is 0.794. The zero-order valence-electron chi connectivity index (χ0n) is 6.60. The highest BCUT2D eigenvalue weighted by atomic mass is 127. The molecule has 0 aliphatic carbocycles. The molecule has 1 N–H and O–H groups in total. The molecule has 0 aliphatic rings. The van der Waals surface area contributed by atoms with Gasteiger partial charge in [0.05, 0.1) is 10.7 Å². The van der Waals surface area contributed by atoms with Crippen LogP contribution in [0.3, 0.4) is 0 Å². The number of H-pyrrole nitrogens is 1. The van der Waals surface area contributed by atoms with Crippen LogP contribution in [0.15, 0.2) is 24.4 Å². The highest BCUT2D eigenvalue weighted by Gasteiger charge is 2.04. The van der Waals surface area contributed by atoms with Crippen LogP contribution >= 0.6 is 22.6 Å². The van der Waals surface area contributed by atoms with Gasteiger partial charge in [-0.1, -0.05) is 0 Å². The third-order valence-electron chi connectivity index (χ3n) is 1.85. The van der Waals surface area contributed by atoms with E-state index >= 15 is 0 Å². The summed E-state index contributed by atoms with van der Waals surface area (Å²) in [6, 6.07) is 6.05. The maximum absolute atomic E-state index is 5.20. The lowest BCUT2D eigenvalue weighted by Gasteiger charge is -2.02. The Morgan fingerprint density at radius 3 is 2.92 bits per heavy atom. The van der Waals surface area contributed by atoms with Gasteiger partial charge in [0.2, 0.25) is 0 Å². The van der Waals surface area contributed by atoms with Gasteiger partial charge in [0.15, 0.2) is 0 Å². The minimum atomic E-state index is 0.933. The van der Waals surface area contributed by atoms with Crippen LogP contribution < -0.4 is 4.74 Å². The standard InChI is InChI=1S/C9H8INO/c1-12-8-3-2-7-6(9(8)10)4-5-11-7/h2-5,11H,1H3. The van der Waals surface area contributed by atoms with Gasteiger partial charge in [-0.05, 0) is 40.8 Å². The van der Waals surface area contributed by atoms with Gasteiger partial charge in [-0.2, -0.15) is 0 Å². The van der Waals surface area contributed by atoms with E-state index in [1.165, 1.54) is 5.39 Å². The molecule has 1 aromatic carbocycles. The first-order chi connectivity index (χ1) is 5.83. The SMILES string of the molecule is COc1ccc2[nH]ccc2c1I. The molecule has 0 spiro atoms. The Hall–Kier alpha value is -0.710. The molecule has 0 amide bonds. The Labute approximate surface area is 84.1 Å². The Bertz CT molecular complexity index is 408. The summed E-state index contributed by atoms with van der Waals surface area (Å²) in [5.74, 6) is 0.933. The second kappa shape index (κ2) is 2.97. The Morgan fingerprint density at radius 1 is 1.33 bits per heavy atom. The van der Waals surface area contributed by atoms with Gasteiger partial charge < -0.3 is 9.72 Å². The van der Waals surface area contributed by atoms with Crippen molar-refractivity contribution in [3.63, 3.8) is 0 Å². The number of benzene rings is 1. The summed E-state index contributed by atoms with van der Waals surface area (Å²) < 4.78 is 6.36. The molecule has 1 heterocycles. The normalized spacial score (nSPS) is 10.5. The smallest absolute Gasteiger partial charge is 0.132 e. The number of methoxy groups -OCH3 is 1. The Balaban J connectivity index is 2.78. The fourth-order valence-electron chi connectivity index (χ4n) is 1.23. The first kappa shape index (κ1) is 7.91. The van der Waals surface area contributed by atoms with Crippen LogP contribution in [0.1, 0.15) is 0 Å². The predicted molar refractivity (Wildman–Crippen MR) is 57.6 cm³/mol. The summed E-state index contributed by atoms with van der Waals surface area (Å²) in [6.07, 6.45) is 1.94. The van der Waals surface area contributed by atoms with Crippen LogP contribution in [-0.2, 0) is 0 Å². The van der Waals surface area contributed by atoms with Crippen molar-refractivity contribution >= 4 is 33.5 Å². The van der Waals surface area contributed by atoms with Crippen LogP contribution in [0.5, 0.6) is 5.75 Å².